The first-order chi connectivity index (χ1) is 10.6. The number of hydrogen-bond acceptors (Lipinski definition) is 3. The van der Waals surface area contributed by atoms with Crippen molar-refractivity contribution in [3.8, 4) is 17.0 Å². The standard InChI is InChI=1S/C17H18ClN3O/c1-20(2)11-15-17(12-5-4-6-14(9-12)22-3)19-16-8-7-13(18)10-21(15)16/h4-10H,11H2,1-3H3. The van der Waals surface area contributed by atoms with E-state index < -0.39 is 0 Å². The van der Waals surface area contributed by atoms with E-state index in [2.05, 4.69) is 9.30 Å². The van der Waals surface area contributed by atoms with Gasteiger partial charge in [-0.25, -0.2) is 4.98 Å². The molecule has 0 radical (unpaired) electrons. The van der Waals surface area contributed by atoms with Crippen LogP contribution >= 0.6 is 11.6 Å². The Morgan fingerprint density at radius 3 is 2.77 bits per heavy atom. The van der Waals surface area contributed by atoms with E-state index in [1.165, 1.54) is 0 Å². The maximum Gasteiger partial charge on any atom is 0.137 e. The molecule has 22 heavy (non-hydrogen) atoms. The van der Waals surface area contributed by atoms with E-state index in [0.29, 0.717) is 5.02 Å². The number of hydrogen-bond donors (Lipinski definition) is 0. The van der Waals surface area contributed by atoms with Gasteiger partial charge in [-0.15, -0.1) is 0 Å². The average molecular weight is 316 g/mol. The fraction of sp³-hybridized carbons (Fsp3) is 0.235. The summed E-state index contributed by atoms with van der Waals surface area (Å²) in [5.41, 5.74) is 3.99. The molecule has 4 nitrogen and oxygen atoms in total. The predicted molar refractivity (Wildman–Crippen MR) is 89.6 cm³/mol. The van der Waals surface area contributed by atoms with Crippen LogP contribution in [0.1, 0.15) is 5.69 Å². The largest absolute Gasteiger partial charge is 0.497 e. The molecule has 3 aromatic rings. The molecule has 0 amide bonds. The maximum atomic E-state index is 6.15. The number of aromatic nitrogens is 2. The van der Waals surface area contributed by atoms with Crippen LogP contribution in [-0.2, 0) is 6.54 Å². The molecule has 0 unspecified atom stereocenters. The van der Waals surface area contributed by atoms with Gasteiger partial charge in [0.1, 0.15) is 11.4 Å². The summed E-state index contributed by atoms with van der Waals surface area (Å²) in [5.74, 6) is 0.823. The highest BCUT2D eigenvalue weighted by Gasteiger charge is 2.15. The summed E-state index contributed by atoms with van der Waals surface area (Å²) >= 11 is 6.15. The first kappa shape index (κ1) is 14.9. The Labute approximate surface area is 134 Å². The molecule has 0 aliphatic heterocycles. The van der Waals surface area contributed by atoms with E-state index in [9.17, 15) is 0 Å². The van der Waals surface area contributed by atoms with Gasteiger partial charge in [0.15, 0.2) is 0 Å². The third-order valence-corrected chi connectivity index (χ3v) is 3.71. The fourth-order valence-electron chi connectivity index (χ4n) is 2.52. The van der Waals surface area contributed by atoms with Crippen LogP contribution in [-0.4, -0.2) is 35.5 Å². The lowest BCUT2D eigenvalue weighted by molar-refractivity contribution is 0.396. The maximum absolute atomic E-state index is 6.15. The zero-order valence-electron chi connectivity index (χ0n) is 12.9. The average Bonchev–Trinajstić information content (AvgIpc) is 2.85. The molecule has 2 heterocycles. The Morgan fingerprint density at radius 2 is 2.05 bits per heavy atom. The number of imidazole rings is 1. The van der Waals surface area contributed by atoms with Crippen LogP contribution in [0.2, 0.25) is 5.02 Å². The summed E-state index contributed by atoms with van der Waals surface area (Å²) in [6.45, 7) is 0.772. The molecule has 2 aromatic heterocycles. The van der Waals surface area contributed by atoms with E-state index in [0.717, 1.165) is 34.9 Å². The number of benzene rings is 1. The Bertz CT molecular complexity index is 811. The summed E-state index contributed by atoms with van der Waals surface area (Å²) in [6, 6.07) is 11.8. The van der Waals surface area contributed by atoms with Gasteiger partial charge in [-0.05, 0) is 38.4 Å². The number of halogens is 1. The van der Waals surface area contributed by atoms with Crippen molar-refractivity contribution in [3.05, 3.63) is 53.3 Å². The van der Waals surface area contributed by atoms with Crippen LogP contribution in [0.15, 0.2) is 42.6 Å². The zero-order chi connectivity index (χ0) is 15.7. The van der Waals surface area contributed by atoms with E-state index in [1.807, 2.05) is 56.7 Å². The summed E-state index contributed by atoms with van der Waals surface area (Å²) < 4.78 is 7.38. The highest BCUT2D eigenvalue weighted by atomic mass is 35.5. The Morgan fingerprint density at radius 1 is 1.23 bits per heavy atom. The molecule has 0 saturated carbocycles. The predicted octanol–water partition coefficient (Wildman–Crippen LogP) is 3.72. The highest BCUT2D eigenvalue weighted by molar-refractivity contribution is 6.30. The zero-order valence-corrected chi connectivity index (χ0v) is 13.6. The van der Waals surface area contributed by atoms with E-state index >= 15 is 0 Å². The van der Waals surface area contributed by atoms with Gasteiger partial charge in [0.05, 0.1) is 23.5 Å². The minimum atomic E-state index is 0.696. The van der Waals surface area contributed by atoms with Crippen LogP contribution in [0.4, 0.5) is 0 Å². The number of nitrogens with zero attached hydrogens (tertiary/aromatic N) is 3. The fourth-order valence-corrected chi connectivity index (χ4v) is 2.68. The molecule has 3 rings (SSSR count). The van der Waals surface area contributed by atoms with Gasteiger partial charge in [-0.3, -0.25) is 0 Å². The van der Waals surface area contributed by atoms with Gasteiger partial charge < -0.3 is 14.0 Å². The molecule has 0 N–H and O–H groups in total. The first-order valence-electron chi connectivity index (χ1n) is 7.04. The first-order valence-corrected chi connectivity index (χ1v) is 7.42. The van der Waals surface area contributed by atoms with Crippen LogP contribution in [0.5, 0.6) is 5.75 Å². The minimum Gasteiger partial charge on any atom is -0.497 e. The number of rotatable bonds is 4. The van der Waals surface area contributed by atoms with Crippen LogP contribution in [0.25, 0.3) is 16.9 Å². The second-order valence-electron chi connectivity index (χ2n) is 5.45. The number of ether oxygens (including phenoxy) is 1. The molecule has 0 spiro atoms. The second-order valence-corrected chi connectivity index (χ2v) is 5.89. The number of fused-ring (bicyclic) bond motifs is 1. The van der Waals surface area contributed by atoms with Crippen molar-refractivity contribution in [2.75, 3.05) is 21.2 Å². The molecular formula is C17H18ClN3O. The topological polar surface area (TPSA) is 29.8 Å². The van der Waals surface area contributed by atoms with Crippen molar-refractivity contribution in [2.45, 2.75) is 6.54 Å². The normalized spacial score (nSPS) is 11.3. The van der Waals surface area contributed by atoms with Crippen molar-refractivity contribution in [1.82, 2.24) is 14.3 Å². The van der Waals surface area contributed by atoms with E-state index in [4.69, 9.17) is 21.3 Å². The van der Waals surface area contributed by atoms with E-state index in [-0.39, 0.29) is 0 Å². The Balaban J connectivity index is 2.22. The minimum absolute atomic E-state index is 0.696. The Kier molecular flexibility index (Phi) is 4.05. The van der Waals surface area contributed by atoms with Gasteiger partial charge >= 0.3 is 0 Å². The molecule has 0 aliphatic rings. The van der Waals surface area contributed by atoms with Gasteiger partial charge in [-0.1, -0.05) is 23.7 Å². The van der Waals surface area contributed by atoms with Gasteiger partial charge in [0.2, 0.25) is 0 Å². The Hall–Kier alpha value is -2.04. The summed E-state index contributed by atoms with van der Waals surface area (Å²) in [6.07, 6.45) is 1.91. The van der Waals surface area contributed by atoms with Crippen molar-refractivity contribution in [1.29, 1.82) is 0 Å². The molecule has 114 valence electrons. The van der Waals surface area contributed by atoms with Crippen molar-refractivity contribution < 1.29 is 4.74 Å². The van der Waals surface area contributed by atoms with Crippen LogP contribution < -0.4 is 4.74 Å². The number of methoxy groups -OCH3 is 1. The highest BCUT2D eigenvalue weighted by Crippen LogP contribution is 2.28. The summed E-state index contributed by atoms with van der Waals surface area (Å²) in [7, 11) is 5.75. The van der Waals surface area contributed by atoms with Gasteiger partial charge in [-0.2, -0.15) is 0 Å². The smallest absolute Gasteiger partial charge is 0.137 e. The van der Waals surface area contributed by atoms with Crippen LogP contribution in [0, 0.1) is 0 Å². The summed E-state index contributed by atoms with van der Waals surface area (Å²) in [5, 5.41) is 0.696. The lowest BCUT2D eigenvalue weighted by Gasteiger charge is -2.12. The molecular weight excluding hydrogens is 298 g/mol. The SMILES string of the molecule is COc1cccc(-c2nc3ccc(Cl)cn3c2CN(C)C)c1. The number of pyridine rings is 1. The third kappa shape index (κ3) is 2.80. The molecule has 0 bridgehead atoms. The molecule has 0 fully saturated rings. The lowest BCUT2D eigenvalue weighted by Crippen LogP contribution is -2.13. The van der Waals surface area contributed by atoms with E-state index in [1.54, 1.807) is 7.11 Å². The lowest BCUT2D eigenvalue weighted by atomic mass is 10.1. The monoisotopic (exact) mass is 315 g/mol. The van der Waals surface area contributed by atoms with Gasteiger partial charge in [0, 0.05) is 18.3 Å². The summed E-state index contributed by atoms with van der Waals surface area (Å²) in [4.78, 5) is 6.89. The van der Waals surface area contributed by atoms with Crippen molar-refractivity contribution in [3.63, 3.8) is 0 Å². The molecule has 0 saturated heterocycles. The quantitative estimate of drug-likeness (QED) is 0.735. The molecule has 0 aliphatic carbocycles. The van der Waals surface area contributed by atoms with Crippen molar-refractivity contribution in [2.24, 2.45) is 0 Å². The third-order valence-electron chi connectivity index (χ3n) is 3.49. The molecule has 5 heteroatoms. The van der Waals surface area contributed by atoms with Gasteiger partial charge in [0.25, 0.3) is 0 Å². The molecule has 0 atom stereocenters. The second kappa shape index (κ2) is 5.99. The molecule has 1 aromatic carbocycles. The van der Waals surface area contributed by atoms with Crippen LogP contribution in [0.3, 0.4) is 0 Å². The van der Waals surface area contributed by atoms with Crippen molar-refractivity contribution >= 4 is 17.2 Å².